The first kappa shape index (κ1) is 14.1. The molecule has 0 aromatic heterocycles. The van der Waals surface area contributed by atoms with Gasteiger partial charge >= 0.3 is 11.9 Å². The summed E-state index contributed by atoms with van der Waals surface area (Å²) in [7, 11) is 0. The van der Waals surface area contributed by atoms with Gasteiger partial charge in [-0.25, -0.2) is 4.79 Å². The number of carbonyl (C=O) groups is 2. The highest BCUT2D eigenvalue weighted by Gasteiger charge is 2.15. The minimum atomic E-state index is -1.20. The molecule has 0 aliphatic rings. The van der Waals surface area contributed by atoms with Crippen LogP contribution in [0.5, 0.6) is 5.75 Å². The largest absolute Gasteiger partial charge is 0.478 e. The van der Waals surface area contributed by atoms with Crippen LogP contribution in [-0.4, -0.2) is 17.0 Å². The highest BCUT2D eigenvalue weighted by atomic mass is 35.5. The smallest absolute Gasteiger partial charge is 0.339 e. The SMILES string of the molecule is O=C(Cc1ccccc1)Oc1ccc(Cl)cc1C(=O)O. The number of carboxylic acid groups (broad SMARTS) is 1. The molecule has 4 nitrogen and oxygen atoms in total. The summed E-state index contributed by atoms with van der Waals surface area (Å²) in [6.07, 6.45) is 0.0719. The Balaban J connectivity index is 2.14. The second kappa shape index (κ2) is 6.21. The molecule has 0 unspecified atom stereocenters. The first-order valence-corrected chi connectivity index (χ1v) is 6.21. The van der Waals surface area contributed by atoms with Crippen LogP contribution in [0, 0.1) is 0 Å². The zero-order chi connectivity index (χ0) is 14.5. The van der Waals surface area contributed by atoms with Gasteiger partial charge in [-0.2, -0.15) is 0 Å². The Kier molecular flexibility index (Phi) is 4.38. The van der Waals surface area contributed by atoms with Gasteiger partial charge < -0.3 is 9.84 Å². The lowest BCUT2D eigenvalue weighted by atomic mass is 10.1. The average Bonchev–Trinajstić information content (AvgIpc) is 2.41. The van der Waals surface area contributed by atoms with Crippen molar-refractivity contribution in [2.75, 3.05) is 0 Å². The molecule has 0 spiro atoms. The maximum absolute atomic E-state index is 11.8. The maximum atomic E-state index is 11.8. The zero-order valence-electron chi connectivity index (χ0n) is 10.4. The molecule has 20 heavy (non-hydrogen) atoms. The Labute approximate surface area is 120 Å². The molecule has 0 heterocycles. The van der Waals surface area contributed by atoms with Crippen molar-refractivity contribution in [3.05, 3.63) is 64.7 Å². The van der Waals surface area contributed by atoms with E-state index >= 15 is 0 Å². The van der Waals surface area contributed by atoms with E-state index in [0.29, 0.717) is 0 Å². The molecule has 102 valence electrons. The summed E-state index contributed by atoms with van der Waals surface area (Å²) < 4.78 is 5.09. The van der Waals surface area contributed by atoms with Gasteiger partial charge in [0, 0.05) is 5.02 Å². The van der Waals surface area contributed by atoms with Crippen LogP contribution < -0.4 is 4.74 Å². The number of benzene rings is 2. The second-order valence-electron chi connectivity index (χ2n) is 4.08. The quantitative estimate of drug-likeness (QED) is 0.694. The van der Waals surface area contributed by atoms with Gasteiger partial charge in [0.05, 0.1) is 6.42 Å². The topological polar surface area (TPSA) is 63.6 Å². The lowest BCUT2D eigenvalue weighted by Crippen LogP contribution is -2.13. The summed E-state index contributed by atoms with van der Waals surface area (Å²) in [5.41, 5.74) is 0.655. The Hall–Kier alpha value is -2.33. The minimum absolute atomic E-state index is 0.0113. The molecule has 0 saturated heterocycles. The number of rotatable bonds is 4. The molecule has 0 aliphatic heterocycles. The predicted molar refractivity (Wildman–Crippen MR) is 74.2 cm³/mol. The molecule has 0 radical (unpaired) electrons. The first-order valence-electron chi connectivity index (χ1n) is 5.83. The van der Waals surface area contributed by atoms with Crippen molar-refractivity contribution in [3.63, 3.8) is 0 Å². The number of ether oxygens (including phenoxy) is 1. The van der Waals surface area contributed by atoms with Crippen molar-refractivity contribution < 1.29 is 19.4 Å². The molecule has 2 rings (SSSR count). The fraction of sp³-hybridized carbons (Fsp3) is 0.0667. The third kappa shape index (κ3) is 3.59. The van der Waals surface area contributed by atoms with Crippen LogP contribution in [0.4, 0.5) is 0 Å². The van der Waals surface area contributed by atoms with Gasteiger partial charge in [-0.1, -0.05) is 41.9 Å². The highest BCUT2D eigenvalue weighted by molar-refractivity contribution is 6.31. The van der Waals surface area contributed by atoms with Crippen molar-refractivity contribution in [2.24, 2.45) is 0 Å². The summed E-state index contributed by atoms with van der Waals surface area (Å²) >= 11 is 5.72. The Morgan fingerprint density at radius 1 is 1.10 bits per heavy atom. The zero-order valence-corrected chi connectivity index (χ0v) is 11.1. The third-order valence-corrected chi connectivity index (χ3v) is 2.82. The van der Waals surface area contributed by atoms with E-state index in [1.165, 1.54) is 18.2 Å². The number of halogens is 1. The Morgan fingerprint density at radius 2 is 1.80 bits per heavy atom. The second-order valence-corrected chi connectivity index (χ2v) is 4.52. The standard InChI is InChI=1S/C15H11ClO4/c16-11-6-7-13(12(9-11)15(18)19)20-14(17)8-10-4-2-1-3-5-10/h1-7,9H,8H2,(H,18,19). The van der Waals surface area contributed by atoms with Gasteiger partial charge in [0.2, 0.25) is 0 Å². The lowest BCUT2D eigenvalue weighted by Gasteiger charge is -2.07. The van der Waals surface area contributed by atoms with Crippen LogP contribution in [0.2, 0.25) is 5.02 Å². The van der Waals surface area contributed by atoms with Crippen molar-refractivity contribution in [1.82, 2.24) is 0 Å². The van der Waals surface area contributed by atoms with Crippen molar-refractivity contribution >= 4 is 23.5 Å². The van der Waals surface area contributed by atoms with Crippen LogP contribution >= 0.6 is 11.6 Å². The predicted octanol–water partition coefficient (Wildman–Crippen LogP) is 3.19. The summed E-state index contributed by atoms with van der Waals surface area (Å²) in [6, 6.07) is 13.1. The van der Waals surface area contributed by atoms with E-state index in [0.717, 1.165) is 5.56 Å². The molecule has 0 amide bonds. The van der Waals surface area contributed by atoms with E-state index in [-0.39, 0.29) is 22.8 Å². The molecule has 2 aromatic rings. The Bertz CT molecular complexity index is 638. The van der Waals surface area contributed by atoms with Gasteiger partial charge in [0.15, 0.2) is 0 Å². The van der Waals surface area contributed by atoms with E-state index in [1.807, 2.05) is 18.2 Å². The summed E-state index contributed by atoms with van der Waals surface area (Å²) in [4.78, 5) is 22.9. The Morgan fingerprint density at radius 3 is 2.45 bits per heavy atom. The first-order chi connectivity index (χ1) is 9.56. The molecule has 5 heteroatoms. The van der Waals surface area contributed by atoms with Gasteiger partial charge in [-0.3, -0.25) is 4.79 Å². The lowest BCUT2D eigenvalue weighted by molar-refractivity contribution is -0.133. The van der Waals surface area contributed by atoms with E-state index in [2.05, 4.69) is 0 Å². The molecule has 0 fully saturated rings. The number of carbonyl (C=O) groups excluding carboxylic acids is 1. The molecular formula is C15H11ClO4. The third-order valence-electron chi connectivity index (χ3n) is 2.59. The van der Waals surface area contributed by atoms with Crippen LogP contribution in [0.3, 0.4) is 0 Å². The molecule has 2 aromatic carbocycles. The summed E-state index contributed by atoms with van der Waals surface area (Å²) in [6.45, 7) is 0. The fourth-order valence-electron chi connectivity index (χ4n) is 1.68. The van der Waals surface area contributed by atoms with Crippen molar-refractivity contribution in [1.29, 1.82) is 0 Å². The van der Waals surface area contributed by atoms with Crippen molar-refractivity contribution in [2.45, 2.75) is 6.42 Å². The molecule has 0 atom stereocenters. The molecule has 0 bridgehead atoms. The van der Waals surface area contributed by atoms with Gasteiger partial charge in [0.25, 0.3) is 0 Å². The number of aromatic carboxylic acids is 1. The fourth-order valence-corrected chi connectivity index (χ4v) is 1.85. The van der Waals surface area contributed by atoms with Crippen LogP contribution in [0.25, 0.3) is 0 Å². The molecule has 1 N–H and O–H groups in total. The average molecular weight is 291 g/mol. The van der Waals surface area contributed by atoms with Crippen LogP contribution in [0.1, 0.15) is 15.9 Å². The van der Waals surface area contributed by atoms with Crippen LogP contribution in [0.15, 0.2) is 48.5 Å². The van der Waals surface area contributed by atoms with Gasteiger partial charge in [0.1, 0.15) is 11.3 Å². The van der Waals surface area contributed by atoms with E-state index in [4.69, 9.17) is 21.4 Å². The normalized spacial score (nSPS) is 10.1. The number of hydrogen-bond acceptors (Lipinski definition) is 3. The van der Waals surface area contributed by atoms with E-state index < -0.39 is 11.9 Å². The maximum Gasteiger partial charge on any atom is 0.339 e. The molecule has 0 saturated carbocycles. The van der Waals surface area contributed by atoms with Crippen molar-refractivity contribution in [3.8, 4) is 5.75 Å². The summed E-state index contributed by atoms with van der Waals surface area (Å²) in [5, 5.41) is 9.31. The minimum Gasteiger partial charge on any atom is -0.478 e. The number of carboxylic acids is 1. The number of hydrogen-bond donors (Lipinski definition) is 1. The molecular weight excluding hydrogens is 280 g/mol. The summed E-state index contributed by atoms with van der Waals surface area (Å²) in [5.74, 6) is -1.74. The highest BCUT2D eigenvalue weighted by Crippen LogP contribution is 2.23. The van der Waals surface area contributed by atoms with Crippen LogP contribution in [-0.2, 0) is 11.2 Å². The monoisotopic (exact) mass is 290 g/mol. The van der Waals surface area contributed by atoms with Gasteiger partial charge in [-0.05, 0) is 23.8 Å². The number of esters is 1. The van der Waals surface area contributed by atoms with E-state index in [9.17, 15) is 9.59 Å². The van der Waals surface area contributed by atoms with Gasteiger partial charge in [-0.15, -0.1) is 0 Å². The molecule has 0 aliphatic carbocycles. The van der Waals surface area contributed by atoms with E-state index in [1.54, 1.807) is 12.1 Å².